The Morgan fingerprint density at radius 1 is 0.958 bits per heavy atom. The van der Waals surface area contributed by atoms with Crippen molar-refractivity contribution in [1.29, 1.82) is 0 Å². The Hall–Kier alpha value is -2.20. The topological polar surface area (TPSA) is 44.5 Å². The third-order valence-corrected chi connectivity index (χ3v) is 4.23. The van der Waals surface area contributed by atoms with E-state index in [-0.39, 0.29) is 0 Å². The summed E-state index contributed by atoms with van der Waals surface area (Å²) in [5.74, 6) is 0. The number of benzene rings is 2. The van der Waals surface area contributed by atoms with Crippen molar-refractivity contribution >= 4 is 17.1 Å². The first kappa shape index (κ1) is 18.1. The fourth-order valence-corrected chi connectivity index (χ4v) is 2.75. The standard InChI is InChI=1S/C18H24N4.C2H6/c1-21-9-11-22(12-10-21)16-7-8-17(19)18(13-16)20-14-15-5-3-2-4-6-15;1-2/h2-8,13,20H,9-12,14,19H2,1H3;1-2H3. The summed E-state index contributed by atoms with van der Waals surface area (Å²) in [6.45, 7) is 9.14. The zero-order valence-electron chi connectivity index (χ0n) is 15.1. The molecule has 1 aliphatic heterocycles. The monoisotopic (exact) mass is 326 g/mol. The summed E-state index contributed by atoms with van der Waals surface area (Å²) in [7, 11) is 2.17. The van der Waals surface area contributed by atoms with E-state index in [4.69, 9.17) is 5.73 Å². The van der Waals surface area contributed by atoms with Gasteiger partial charge in [-0.25, -0.2) is 0 Å². The molecule has 4 nitrogen and oxygen atoms in total. The van der Waals surface area contributed by atoms with E-state index in [0.29, 0.717) is 0 Å². The fourth-order valence-electron chi connectivity index (χ4n) is 2.75. The lowest BCUT2D eigenvalue weighted by Gasteiger charge is -2.34. The molecule has 2 aromatic carbocycles. The summed E-state index contributed by atoms with van der Waals surface area (Å²) in [5.41, 5.74) is 10.4. The fraction of sp³-hybridized carbons (Fsp3) is 0.400. The van der Waals surface area contributed by atoms with E-state index in [1.807, 2.05) is 26.0 Å². The predicted octanol–water partition coefficient (Wildman–Crippen LogP) is 3.66. The quantitative estimate of drug-likeness (QED) is 0.842. The minimum Gasteiger partial charge on any atom is -0.397 e. The van der Waals surface area contributed by atoms with Gasteiger partial charge in [0.15, 0.2) is 0 Å². The highest BCUT2D eigenvalue weighted by atomic mass is 15.2. The highest BCUT2D eigenvalue weighted by Crippen LogP contribution is 2.26. The Bertz CT molecular complexity index is 604. The molecule has 3 N–H and O–H groups in total. The van der Waals surface area contributed by atoms with Gasteiger partial charge in [0, 0.05) is 38.4 Å². The van der Waals surface area contributed by atoms with Gasteiger partial charge in [0.05, 0.1) is 11.4 Å². The summed E-state index contributed by atoms with van der Waals surface area (Å²) in [5, 5.41) is 3.46. The van der Waals surface area contributed by atoms with E-state index in [0.717, 1.165) is 44.1 Å². The van der Waals surface area contributed by atoms with Crippen LogP contribution in [0, 0.1) is 0 Å². The molecule has 0 aromatic heterocycles. The molecule has 130 valence electrons. The van der Waals surface area contributed by atoms with Crippen molar-refractivity contribution in [3.8, 4) is 0 Å². The molecule has 1 heterocycles. The molecule has 1 fully saturated rings. The average molecular weight is 326 g/mol. The van der Waals surface area contributed by atoms with E-state index >= 15 is 0 Å². The van der Waals surface area contributed by atoms with Gasteiger partial charge < -0.3 is 20.9 Å². The molecular formula is C20H30N4. The second-order valence-electron chi connectivity index (χ2n) is 5.90. The molecule has 0 bridgehead atoms. The van der Waals surface area contributed by atoms with Crippen LogP contribution in [0.2, 0.25) is 0 Å². The second-order valence-corrected chi connectivity index (χ2v) is 5.90. The number of nitrogens with two attached hydrogens (primary N) is 1. The minimum absolute atomic E-state index is 0.789. The molecule has 0 unspecified atom stereocenters. The van der Waals surface area contributed by atoms with Crippen molar-refractivity contribution in [2.45, 2.75) is 20.4 Å². The van der Waals surface area contributed by atoms with Crippen LogP contribution in [-0.2, 0) is 6.54 Å². The minimum atomic E-state index is 0.789. The van der Waals surface area contributed by atoms with E-state index in [1.165, 1.54) is 11.3 Å². The zero-order chi connectivity index (χ0) is 17.4. The van der Waals surface area contributed by atoms with Crippen LogP contribution in [0.5, 0.6) is 0 Å². The maximum atomic E-state index is 6.12. The molecule has 2 aromatic rings. The molecule has 0 atom stereocenters. The molecule has 0 spiro atoms. The van der Waals surface area contributed by atoms with Crippen LogP contribution in [0.4, 0.5) is 17.1 Å². The maximum absolute atomic E-state index is 6.12. The summed E-state index contributed by atoms with van der Waals surface area (Å²) < 4.78 is 0. The molecule has 0 radical (unpaired) electrons. The lowest BCUT2D eigenvalue weighted by Crippen LogP contribution is -2.44. The maximum Gasteiger partial charge on any atom is 0.0597 e. The lowest BCUT2D eigenvalue weighted by molar-refractivity contribution is 0.313. The number of nitrogens with zero attached hydrogens (tertiary/aromatic N) is 2. The van der Waals surface area contributed by atoms with Crippen molar-refractivity contribution in [3.63, 3.8) is 0 Å². The molecule has 4 heteroatoms. The SMILES string of the molecule is CC.CN1CCN(c2ccc(N)c(NCc3ccccc3)c2)CC1. The summed E-state index contributed by atoms with van der Waals surface area (Å²) in [4.78, 5) is 4.79. The smallest absolute Gasteiger partial charge is 0.0597 e. The van der Waals surface area contributed by atoms with Gasteiger partial charge in [-0.1, -0.05) is 44.2 Å². The molecular weight excluding hydrogens is 296 g/mol. The van der Waals surface area contributed by atoms with Crippen LogP contribution in [0.25, 0.3) is 0 Å². The van der Waals surface area contributed by atoms with Gasteiger partial charge in [0.2, 0.25) is 0 Å². The second kappa shape index (κ2) is 9.18. The van der Waals surface area contributed by atoms with Gasteiger partial charge in [-0.2, -0.15) is 0 Å². The number of likely N-dealkylation sites (N-methyl/N-ethyl adjacent to an activating group) is 1. The molecule has 0 amide bonds. The van der Waals surface area contributed by atoms with Crippen LogP contribution >= 0.6 is 0 Å². The molecule has 0 saturated carbocycles. The van der Waals surface area contributed by atoms with Gasteiger partial charge in [0.1, 0.15) is 0 Å². The van der Waals surface area contributed by atoms with Crippen LogP contribution in [0.3, 0.4) is 0 Å². The predicted molar refractivity (Wildman–Crippen MR) is 106 cm³/mol. The Labute approximate surface area is 146 Å². The van der Waals surface area contributed by atoms with Crippen molar-refractivity contribution in [2.75, 3.05) is 49.2 Å². The lowest BCUT2D eigenvalue weighted by atomic mass is 10.2. The van der Waals surface area contributed by atoms with Crippen molar-refractivity contribution in [1.82, 2.24) is 4.90 Å². The molecule has 3 rings (SSSR count). The number of rotatable bonds is 4. The number of hydrogen-bond acceptors (Lipinski definition) is 4. The number of anilines is 3. The van der Waals surface area contributed by atoms with Crippen LogP contribution in [0.1, 0.15) is 19.4 Å². The third-order valence-electron chi connectivity index (χ3n) is 4.23. The molecule has 0 aliphatic carbocycles. The summed E-state index contributed by atoms with van der Waals surface area (Å²) >= 11 is 0. The first-order chi connectivity index (χ1) is 11.7. The average Bonchev–Trinajstić information content (AvgIpc) is 2.64. The number of piperazine rings is 1. The third kappa shape index (κ3) is 4.90. The van der Waals surface area contributed by atoms with Crippen LogP contribution in [-0.4, -0.2) is 38.1 Å². The number of nitrogens with one attached hydrogen (secondary N) is 1. The van der Waals surface area contributed by atoms with Gasteiger partial charge in [0.25, 0.3) is 0 Å². The summed E-state index contributed by atoms with van der Waals surface area (Å²) in [6.07, 6.45) is 0. The number of hydrogen-bond donors (Lipinski definition) is 2. The van der Waals surface area contributed by atoms with Crippen molar-refractivity contribution in [3.05, 3.63) is 54.1 Å². The van der Waals surface area contributed by atoms with Gasteiger partial charge in [-0.3, -0.25) is 0 Å². The zero-order valence-corrected chi connectivity index (χ0v) is 15.1. The first-order valence-electron chi connectivity index (χ1n) is 8.83. The van der Waals surface area contributed by atoms with Gasteiger partial charge in [-0.05, 0) is 30.8 Å². The van der Waals surface area contributed by atoms with Crippen molar-refractivity contribution < 1.29 is 0 Å². The van der Waals surface area contributed by atoms with E-state index in [1.54, 1.807) is 0 Å². The Balaban J connectivity index is 0.00000100. The molecule has 24 heavy (non-hydrogen) atoms. The highest BCUT2D eigenvalue weighted by molar-refractivity contribution is 5.72. The van der Waals surface area contributed by atoms with Crippen LogP contribution < -0.4 is 16.0 Å². The van der Waals surface area contributed by atoms with Gasteiger partial charge in [-0.15, -0.1) is 0 Å². The Morgan fingerprint density at radius 3 is 2.29 bits per heavy atom. The number of nitrogen functional groups attached to an aromatic ring is 1. The molecule has 1 aliphatic rings. The van der Waals surface area contributed by atoms with Gasteiger partial charge >= 0.3 is 0 Å². The Morgan fingerprint density at radius 2 is 1.62 bits per heavy atom. The largest absolute Gasteiger partial charge is 0.397 e. The highest BCUT2D eigenvalue weighted by Gasteiger charge is 2.15. The van der Waals surface area contributed by atoms with E-state index in [9.17, 15) is 0 Å². The summed E-state index contributed by atoms with van der Waals surface area (Å²) in [6, 6.07) is 16.7. The Kier molecular flexibility index (Phi) is 6.94. The van der Waals surface area contributed by atoms with E-state index in [2.05, 4.69) is 58.6 Å². The van der Waals surface area contributed by atoms with Crippen LogP contribution in [0.15, 0.2) is 48.5 Å². The van der Waals surface area contributed by atoms with Crippen molar-refractivity contribution in [2.24, 2.45) is 0 Å². The van der Waals surface area contributed by atoms with E-state index < -0.39 is 0 Å². The normalized spacial score (nSPS) is 14.7. The molecule has 1 saturated heterocycles. The first-order valence-corrected chi connectivity index (χ1v) is 8.83.